The number of carbonyl (C=O) groups is 2. The van der Waals surface area contributed by atoms with E-state index in [9.17, 15) is 14.7 Å². The number of aliphatic hydroxyl groups excluding tert-OH is 1. The molecule has 3 amide bonds. The lowest BCUT2D eigenvalue weighted by atomic mass is 10.0. The lowest BCUT2D eigenvalue weighted by molar-refractivity contribution is -0.124. The van der Waals surface area contributed by atoms with Crippen molar-refractivity contribution in [1.29, 1.82) is 0 Å². The number of hydrogen-bond donors (Lipinski definition) is 4. The van der Waals surface area contributed by atoms with Gasteiger partial charge in [0.05, 0.1) is 6.10 Å². The third-order valence-electron chi connectivity index (χ3n) is 3.33. The number of aliphatic hydroxyl groups is 1. The minimum Gasteiger partial charge on any atom is -0.393 e. The smallest absolute Gasteiger partial charge is 0.312 e. The summed E-state index contributed by atoms with van der Waals surface area (Å²) in [6, 6.07) is -1.30. The van der Waals surface area contributed by atoms with E-state index in [0.29, 0.717) is 12.5 Å². The molecule has 1 rings (SSSR count). The molecule has 0 heterocycles. The normalized spacial score (nSPS) is 24.9. The molecule has 0 spiro atoms. The predicted octanol–water partition coefficient (Wildman–Crippen LogP) is -0.0435. The maximum absolute atomic E-state index is 11.9. The second-order valence-corrected chi connectivity index (χ2v) is 5.31. The Kier molecular flexibility index (Phi) is 5.40. The molecule has 1 saturated carbocycles. The van der Waals surface area contributed by atoms with Crippen LogP contribution in [0.3, 0.4) is 0 Å². The van der Waals surface area contributed by atoms with E-state index in [1.807, 2.05) is 13.8 Å². The van der Waals surface area contributed by atoms with Crippen LogP contribution in [0.5, 0.6) is 0 Å². The van der Waals surface area contributed by atoms with E-state index in [4.69, 9.17) is 5.73 Å². The van der Waals surface area contributed by atoms with Gasteiger partial charge in [-0.3, -0.25) is 4.79 Å². The molecule has 1 aliphatic carbocycles. The fraction of sp³-hybridized carbons (Fsp3) is 0.833. The first-order valence-corrected chi connectivity index (χ1v) is 6.42. The molecule has 0 aromatic rings. The van der Waals surface area contributed by atoms with Crippen LogP contribution in [-0.4, -0.2) is 35.7 Å². The molecule has 3 unspecified atom stereocenters. The third kappa shape index (κ3) is 4.52. The summed E-state index contributed by atoms with van der Waals surface area (Å²) in [7, 11) is 0. The summed E-state index contributed by atoms with van der Waals surface area (Å²) in [6.07, 6.45) is 2.22. The van der Waals surface area contributed by atoms with E-state index < -0.39 is 12.1 Å². The lowest BCUT2D eigenvalue weighted by Crippen LogP contribution is -2.51. The zero-order valence-electron chi connectivity index (χ0n) is 11.0. The first-order chi connectivity index (χ1) is 8.40. The fourth-order valence-electron chi connectivity index (χ4n) is 2.28. The highest BCUT2D eigenvalue weighted by Gasteiger charge is 2.26. The molecular formula is C12H23N3O3. The number of amides is 3. The Balaban J connectivity index is 2.39. The van der Waals surface area contributed by atoms with Gasteiger partial charge in [0.1, 0.15) is 6.04 Å². The van der Waals surface area contributed by atoms with Crippen molar-refractivity contribution < 1.29 is 14.7 Å². The van der Waals surface area contributed by atoms with Crippen LogP contribution in [0.25, 0.3) is 0 Å². The maximum atomic E-state index is 11.9. The van der Waals surface area contributed by atoms with Crippen LogP contribution >= 0.6 is 0 Å². The van der Waals surface area contributed by atoms with E-state index in [1.54, 1.807) is 0 Å². The van der Waals surface area contributed by atoms with Crippen molar-refractivity contribution in [3.8, 4) is 0 Å². The summed E-state index contributed by atoms with van der Waals surface area (Å²) in [4.78, 5) is 22.7. The Bertz CT molecular complexity index is 307. The first-order valence-electron chi connectivity index (χ1n) is 6.42. The van der Waals surface area contributed by atoms with Crippen molar-refractivity contribution in [3.05, 3.63) is 0 Å². The minimum absolute atomic E-state index is 0.0216. The Hall–Kier alpha value is -1.30. The molecular weight excluding hydrogens is 234 g/mol. The largest absolute Gasteiger partial charge is 0.393 e. The number of nitrogens with one attached hydrogen (secondary N) is 2. The number of primary amides is 1. The second-order valence-electron chi connectivity index (χ2n) is 5.31. The fourth-order valence-corrected chi connectivity index (χ4v) is 2.28. The molecule has 104 valence electrons. The van der Waals surface area contributed by atoms with Gasteiger partial charge in [-0.15, -0.1) is 0 Å². The molecule has 5 N–H and O–H groups in total. The van der Waals surface area contributed by atoms with Crippen LogP contribution in [0.1, 0.15) is 33.1 Å². The van der Waals surface area contributed by atoms with Gasteiger partial charge in [0, 0.05) is 6.54 Å². The molecule has 6 heteroatoms. The van der Waals surface area contributed by atoms with E-state index in [0.717, 1.165) is 19.3 Å². The van der Waals surface area contributed by atoms with Gasteiger partial charge in [0.2, 0.25) is 5.91 Å². The van der Waals surface area contributed by atoms with E-state index in [2.05, 4.69) is 10.6 Å². The van der Waals surface area contributed by atoms with Gasteiger partial charge in [-0.1, -0.05) is 13.8 Å². The number of carbonyl (C=O) groups excluding carboxylic acids is 2. The molecule has 1 fully saturated rings. The summed E-state index contributed by atoms with van der Waals surface area (Å²) in [5.74, 6) is 0.0854. The summed E-state index contributed by atoms with van der Waals surface area (Å²) in [5.41, 5.74) is 5.04. The zero-order valence-corrected chi connectivity index (χ0v) is 11.0. The van der Waals surface area contributed by atoms with E-state index >= 15 is 0 Å². The van der Waals surface area contributed by atoms with Gasteiger partial charge in [0.15, 0.2) is 0 Å². The van der Waals surface area contributed by atoms with E-state index in [1.165, 1.54) is 0 Å². The molecule has 1 aliphatic rings. The Morgan fingerprint density at radius 3 is 2.50 bits per heavy atom. The highest BCUT2D eigenvalue weighted by Crippen LogP contribution is 2.24. The van der Waals surface area contributed by atoms with Gasteiger partial charge < -0.3 is 21.5 Å². The van der Waals surface area contributed by atoms with Crippen LogP contribution in [0.4, 0.5) is 4.79 Å². The summed E-state index contributed by atoms with van der Waals surface area (Å²) in [6.45, 7) is 4.23. The number of hydrogen-bond acceptors (Lipinski definition) is 3. The average Bonchev–Trinajstić information content (AvgIpc) is 2.68. The van der Waals surface area contributed by atoms with Crippen LogP contribution in [0.15, 0.2) is 0 Å². The summed E-state index contributed by atoms with van der Waals surface area (Å²) < 4.78 is 0. The van der Waals surface area contributed by atoms with Crippen LogP contribution in [0.2, 0.25) is 0 Å². The zero-order chi connectivity index (χ0) is 13.7. The topological polar surface area (TPSA) is 104 Å². The van der Waals surface area contributed by atoms with Crippen molar-refractivity contribution in [3.63, 3.8) is 0 Å². The van der Waals surface area contributed by atoms with Crippen LogP contribution in [-0.2, 0) is 4.79 Å². The molecule has 18 heavy (non-hydrogen) atoms. The molecule has 0 aliphatic heterocycles. The van der Waals surface area contributed by atoms with Crippen molar-refractivity contribution in [2.45, 2.75) is 45.3 Å². The van der Waals surface area contributed by atoms with Crippen LogP contribution < -0.4 is 16.4 Å². The number of nitrogens with two attached hydrogens (primary N) is 1. The molecule has 0 aromatic heterocycles. The SMILES string of the molecule is CC(C)C(NC(N)=O)C(=O)NCC1CCC(O)C1. The summed E-state index contributed by atoms with van der Waals surface area (Å²) >= 11 is 0. The third-order valence-corrected chi connectivity index (χ3v) is 3.33. The predicted molar refractivity (Wildman–Crippen MR) is 67.7 cm³/mol. The minimum atomic E-state index is -0.694. The Morgan fingerprint density at radius 2 is 2.06 bits per heavy atom. The van der Waals surface area contributed by atoms with Gasteiger partial charge in [0.25, 0.3) is 0 Å². The van der Waals surface area contributed by atoms with Crippen molar-refractivity contribution in [1.82, 2.24) is 10.6 Å². The van der Waals surface area contributed by atoms with Gasteiger partial charge >= 0.3 is 6.03 Å². The van der Waals surface area contributed by atoms with Crippen LogP contribution in [0, 0.1) is 11.8 Å². The molecule has 0 radical (unpaired) electrons. The molecule has 0 saturated heterocycles. The van der Waals surface area contributed by atoms with E-state index in [-0.39, 0.29) is 17.9 Å². The van der Waals surface area contributed by atoms with Crippen molar-refractivity contribution in [2.75, 3.05) is 6.54 Å². The number of urea groups is 1. The van der Waals surface area contributed by atoms with Gasteiger partial charge in [-0.25, -0.2) is 4.79 Å². The maximum Gasteiger partial charge on any atom is 0.312 e. The molecule has 6 nitrogen and oxygen atoms in total. The quantitative estimate of drug-likeness (QED) is 0.555. The van der Waals surface area contributed by atoms with Crippen molar-refractivity contribution >= 4 is 11.9 Å². The summed E-state index contributed by atoms with van der Waals surface area (Å²) in [5, 5.41) is 14.6. The van der Waals surface area contributed by atoms with Gasteiger partial charge in [-0.2, -0.15) is 0 Å². The standard InChI is InChI=1S/C12H23N3O3/c1-7(2)10(15-12(13)18)11(17)14-6-8-3-4-9(16)5-8/h7-10,16H,3-6H2,1-2H3,(H,14,17)(H3,13,15,18). The molecule has 0 bridgehead atoms. The monoisotopic (exact) mass is 257 g/mol. The first kappa shape index (κ1) is 14.8. The van der Waals surface area contributed by atoms with Crippen molar-refractivity contribution in [2.24, 2.45) is 17.6 Å². The Morgan fingerprint density at radius 1 is 1.39 bits per heavy atom. The highest BCUT2D eigenvalue weighted by molar-refractivity contribution is 5.86. The van der Waals surface area contributed by atoms with Gasteiger partial charge in [-0.05, 0) is 31.1 Å². The highest BCUT2D eigenvalue weighted by atomic mass is 16.3. The lowest BCUT2D eigenvalue weighted by Gasteiger charge is -2.21. The second kappa shape index (κ2) is 6.58. The molecule has 0 aromatic carbocycles. The average molecular weight is 257 g/mol. The number of rotatable bonds is 5. The molecule has 3 atom stereocenters. The Labute approximate surface area is 107 Å².